The zero-order chi connectivity index (χ0) is 24.9. The summed E-state index contributed by atoms with van der Waals surface area (Å²) in [4.78, 5) is 36.4. The van der Waals surface area contributed by atoms with Crippen LogP contribution in [0.5, 0.6) is 0 Å². The standard InChI is InChI=1S/C26H22BrFN2O5/c27-15-9-10-21(28)23(13-15)29-25(33)22(11-12-24(31)32)30-26(34)35-14-20-18-7-3-1-5-16(18)17-6-2-4-8-19(17)20/h1-10,13,20,22H,11-12,14H2,(H,29,33)(H,30,34)(H,31,32). The van der Waals surface area contributed by atoms with Crippen molar-refractivity contribution < 1.29 is 28.6 Å². The summed E-state index contributed by atoms with van der Waals surface area (Å²) in [6, 6.07) is 18.5. The fourth-order valence-corrected chi connectivity index (χ4v) is 4.49. The molecule has 3 N–H and O–H groups in total. The Labute approximate surface area is 209 Å². The molecule has 0 aliphatic heterocycles. The summed E-state index contributed by atoms with van der Waals surface area (Å²) in [6.07, 6.45) is -1.43. The second-order valence-electron chi connectivity index (χ2n) is 8.07. The molecule has 3 aromatic carbocycles. The van der Waals surface area contributed by atoms with E-state index in [2.05, 4.69) is 26.6 Å². The van der Waals surface area contributed by atoms with Crippen LogP contribution < -0.4 is 10.6 Å². The largest absolute Gasteiger partial charge is 0.481 e. The topological polar surface area (TPSA) is 105 Å². The summed E-state index contributed by atoms with van der Waals surface area (Å²) in [5.74, 6) is -2.72. The lowest BCUT2D eigenvalue weighted by Gasteiger charge is -2.19. The Morgan fingerprint density at radius 1 is 1.00 bits per heavy atom. The summed E-state index contributed by atoms with van der Waals surface area (Å²) in [6.45, 7) is 0.0351. The van der Waals surface area contributed by atoms with Crippen LogP contribution in [-0.2, 0) is 14.3 Å². The Bertz CT molecular complexity index is 1240. The highest BCUT2D eigenvalue weighted by Gasteiger charge is 2.30. The van der Waals surface area contributed by atoms with Crippen LogP contribution in [0.3, 0.4) is 0 Å². The van der Waals surface area contributed by atoms with Gasteiger partial charge in [-0.25, -0.2) is 9.18 Å². The second kappa shape index (κ2) is 10.7. The number of hydrogen-bond donors (Lipinski definition) is 3. The fraction of sp³-hybridized carbons (Fsp3) is 0.192. The van der Waals surface area contributed by atoms with Crippen LogP contribution in [-0.4, -0.2) is 35.7 Å². The molecule has 0 fully saturated rings. The van der Waals surface area contributed by atoms with E-state index in [1.165, 1.54) is 18.2 Å². The van der Waals surface area contributed by atoms with Crippen molar-refractivity contribution in [3.63, 3.8) is 0 Å². The number of alkyl carbamates (subject to hydrolysis) is 1. The predicted octanol–water partition coefficient (Wildman–Crippen LogP) is 5.30. The molecule has 180 valence electrons. The van der Waals surface area contributed by atoms with Crippen LogP contribution in [0, 0.1) is 5.82 Å². The minimum atomic E-state index is -1.24. The molecule has 2 amide bonds. The van der Waals surface area contributed by atoms with Gasteiger partial charge in [-0.2, -0.15) is 0 Å². The van der Waals surface area contributed by atoms with Gasteiger partial charge in [0, 0.05) is 16.8 Å². The molecule has 35 heavy (non-hydrogen) atoms. The number of carbonyl (C=O) groups is 3. The maximum absolute atomic E-state index is 14.1. The molecule has 0 spiro atoms. The van der Waals surface area contributed by atoms with Crippen molar-refractivity contribution in [2.75, 3.05) is 11.9 Å². The Hall–Kier alpha value is -3.72. The van der Waals surface area contributed by atoms with Gasteiger partial charge in [0.05, 0.1) is 5.69 Å². The lowest BCUT2D eigenvalue weighted by Crippen LogP contribution is -2.44. The molecule has 4 rings (SSSR count). The number of carboxylic acid groups (broad SMARTS) is 1. The first-order chi connectivity index (χ1) is 16.8. The van der Waals surface area contributed by atoms with Crippen LogP contribution in [0.25, 0.3) is 11.1 Å². The molecule has 7 nitrogen and oxygen atoms in total. The summed E-state index contributed by atoms with van der Waals surface area (Å²) in [5.41, 5.74) is 4.12. The number of aliphatic carboxylic acids is 1. The molecule has 0 saturated heterocycles. The minimum Gasteiger partial charge on any atom is -0.481 e. The van der Waals surface area contributed by atoms with Gasteiger partial charge in [-0.05, 0) is 46.9 Å². The number of amides is 2. The molecule has 0 bridgehead atoms. The van der Waals surface area contributed by atoms with Gasteiger partial charge in [0.1, 0.15) is 18.5 Å². The first kappa shape index (κ1) is 24.4. The smallest absolute Gasteiger partial charge is 0.407 e. The molecule has 1 aliphatic carbocycles. The van der Waals surface area contributed by atoms with Crippen LogP contribution in [0.1, 0.15) is 29.9 Å². The zero-order valence-electron chi connectivity index (χ0n) is 18.5. The van der Waals surface area contributed by atoms with E-state index in [-0.39, 0.29) is 31.1 Å². The molecule has 9 heteroatoms. The normalized spacial score (nSPS) is 12.9. The van der Waals surface area contributed by atoms with Gasteiger partial charge in [-0.15, -0.1) is 0 Å². The quantitative estimate of drug-likeness (QED) is 0.359. The monoisotopic (exact) mass is 540 g/mol. The van der Waals surface area contributed by atoms with Gasteiger partial charge in [0.25, 0.3) is 0 Å². The number of halogens is 2. The van der Waals surface area contributed by atoms with E-state index in [1.54, 1.807) is 0 Å². The highest BCUT2D eigenvalue weighted by Crippen LogP contribution is 2.44. The predicted molar refractivity (Wildman–Crippen MR) is 132 cm³/mol. The van der Waals surface area contributed by atoms with E-state index in [4.69, 9.17) is 9.84 Å². The van der Waals surface area contributed by atoms with Crippen LogP contribution in [0.15, 0.2) is 71.2 Å². The maximum atomic E-state index is 14.1. The first-order valence-corrected chi connectivity index (χ1v) is 11.7. The molecule has 0 aromatic heterocycles. The molecule has 0 heterocycles. The maximum Gasteiger partial charge on any atom is 0.407 e. The van der Waals surface area contributed by atoms with Gasteiger partial charge in [-0.3, -0.25) is 9.59 Å². The average Bonchev–Trinajstić information content (AvgIpc) is 3.16. The van der Waals surface area contributed by atoms with Crippen molar-refractivity contribution in [2.24, 2.45) is 0 Å². The summed E-state index contributed by atoms with van der Waals surface area (Å²) >= 11 is 3.20. The molecule has 0 radical (unpaired) electrons. The lowest BCUT2D eigenvalue weighted by atomic mass is 9.98. The lowest BCUT2D eigenvalue weighted by molar-refractivity contribution is -0.137. The molecular formula is C26H22BrFN2O5. The van der Waals surface area contributed by atoms with Gasteiger partial charge in [0.2, 0.25) is 5.91 Å². The highest BCUT2D eigenvalue weighted by atomic mass is 79.9. The first-order valence-electron chi connectivity index (χ1n) is 10.9. The number of ether oxygens (including phenoxy) is 1. The van der Waals surface area contributed by atoms with Crippen LogP contribution in [0.4, 0.5) is 14.9 Å². The van der Waals surface area contributed by atoms with E-state index < -0.39 is 29.8 Å². The van der Waals surface area contributed by atoms with E-state index in [1.807, 2.05) is 48.5 Å². The fourth-order valence-electron chi connectivity index (χ4n) is 4.13. The Kier molecular flexibility index (Phi) is 7.45. The SMILES string of the molecule is O=C(O)CCC(NC(=O)OCC1c2ccccc2-c2ccccc21)C(=O)Nc1cc(Br)ccc1F. The molecular weight excluding hydrogens is 519 g/mol. The number of nitrogens with one attached hydrogen (secondary N) is 2. The molecule has 1 aliphatic rings. The highest BCUT2D eigenvalue weighted by molar-refractivity contribution is 9.10. The molecule has 0 saturated carbocycles. The van der Waals surface area contributed by atoms with Crippen molar-refractivity contribution in [3.05, 3.63) is 88.1 Å². The Balaban J connectivity index is 1.44. The van der Waals surface area contributed by atoms with Gasteiger partial charge in [-0.1, -0.05) is 64.5 Å². The van der Waals surface area contributed by atoms with Crippen molar-refractivity contribution in [3.8, 4) is 11.1 Å². The van der Waals surface area contributed by atoms with E-state index in [9.17, 15) is 18.8 Å². The molecule has 3 aromatic rings. The summed E-state index contributed by atoms with van der Waals surface area (Å²) in [7, 11) is 0. The number of carbonyl (C=O) groups excluding carboxylic acids is 2. The number of hydrogen-bond acceptors (Lipinski definition) is 4. The Morgan fingerprint density at radius 3 is 2.26 bits per heavy atom. The van der Waals surface area contributed by atoms with Gasteiger partial charge < -0.3 is 20.5 Å². The summed E-state index contributed by atoms with van der Waals surface area (Å²) < 4.78 is 20.1. The van der Waals surface area contributed by atoms with Crippen molar-refractivity contribution in [1.29, 1.82) is 0 Å². The van der Waals surface area contributed by atoms with Crippen molar-refractivity contribution in [2.45, 2.75) is 24.8 Å². The average molecular weight is 541 g/mol. The number of carboxylic acids is 1. The Morgan fingerprint density at radius 2 is 1.63 bits per heavy atom. The summed E-state index contributed by atoms with van der Waals surface area (Å²) in [5, 5.41) is 13.9. The van der Waals surface area contributed by atoms with E-state index in [0.717, 1.165) is 22.3 Å². The molecule has 1 unspecified atom stereocenters. The van der Waals surface area contributed by atoms with Crippen LogP contribution >= 0.6 is 15.9 Å². The number of anilines is 1. The molecule has 1 atom stereocenters. The van der Waals surface area contributed by atoms with Gasteiger partial charge >= 0.3 is 12.1 Å². The minimum absolute atomic E-state index is 0.0351. The van der Waals surface area contributed by atoms with E-state index >= 15 is 0 Å². The third-order valence-electron chi connectivity index (χ3n) is 5.79. The van der Waals surface area contributed by atoms with Crippen molar-refractivity contribution in [1.82, 2.24) is 5.32 Å². The van der Waals surface area contributed by atoms with E-state index in [0.29, 0.717) is 4.47 Å². The number of rotatable bonds is 8. The van der Waals surface area contributed by atoms with Crippen molar-refractivity contribution >= 4 is 39.6 Å². The van der Waals surface area contributed by atoms with Crippen LogP contribution in [0.2, 0.25) is 0 Å². The second-order valence-corrected chi connectivity index (χ2v) is 8.98. The number of fused-ring (bicyclic) bond motifs is 3. The number of benzene rings is 3. The third kappa shape index (κ3) is 5.68. The third-order valence-corrected chi connectivity index (χ3v) is 6.28. The van der Waals surface area contributed by atoms with Gasteiger partial charge in [0.15, 0.2) is 0 Å². The zero-order valence-corrected chi connectivity index (χ0v) is 20.0.